The molecule has 1 amide bonds. The van der Waals surface area contributed by atoms with Gasteiger partial charge in [-0.25, -0.2) is 5.43 Å². The number of carbonyl (C=O) groups is 1. The Balaban J connectivity index is 2.20. The SMILES string of the molecule is CCNc1ccc(C(=O)N/N=C(/C)c2ccc(OC)c(OC)c2)cc1[N+](=O)[O-]. The first-order valence-electron chi connectivity index (χ1n) is 8.50. The van der Waals surface area contributed by atoms with Crippen LogP contribution in [0.5, 0.6) is 11.5 Å². The average molecular weight is 386 g/mol. The quantitative estimate of drug-likeness (QED) is 0.409. The fraction of sp³-hybridized carbons (Fsp3) is 0.263. The van der Waals surface area contributed by atoms with E-state index in [4.69, 9.17) is 9.47 Å². The summed E-state index contributed by atoms with van der Waals surface area (Å²) in [5, 5.41) is 18.2. The summed E-state index contributed by atoms with van der Waals surface area (Å²) in [5.41, 5.74) is 4.00. The van der Waals surface area contributed by atoms with Crippen molar-refractivity contribution in [2.45, 2.75) is 13.8 Å². The van der Waals surface area contributed by atoms with E-state index in [1.807, 2.05) is 6.92 Å². The van der Waals surface area contributed by atoms with Gasteiger partial charge in [-0.05, 0) is 44.2 Å². The standard InChI is InChI=1S/C19H22N4O5/c1-5-20-15-8-6-14(10-16(15)23(25)26)19(24)22-21-12(2)13-7-9-17(27-3)18(11-13)28-4/h6-11,20H,5H2,1-4H3,(H,22,24)/b21-12-. The third-order valence-corrected chi connectivity index (χ3v) is 3.95. The zero-order chi connectivity index (χ0) is 20.7. The van der Waals surface area contributed by atoms with E-state index in [9.17, 15) is 14.9 Å². The monoisotopic (exact) mass is 386 g/mol. The minimum atomic E-state index is -0.550. The molecule has 0 atom stereocenters. The molecule has 0 spiro atoms. The molecule has 2 N–H and O–H groups in total. The summed E-state index contributed by atoms with van der Waals surface area (Å²) in [6, 6.07) is 9.47. The highest BCUT2D eigenvalue weighted by Crippen LogP contribution is 2.28. The third kappa shape index (κ3) is 4.76. The summed E-state index contributed by atoms with van der Waals surface area (Å²) >= 11 is 0. The molecule has 0 bridgehead atoms. The van der Waals surface area contributed by atoms with Gasteiger partial charge in [0.1, 0.15) is 5.69 Å². The Labute approximate surface area is 162 Å². The van der Waals surface area contributed by atoms with Crippen LogP contribution in [0.2, 0.25) is 0 Å². The molecule has 0 aliphatic carbocycles. The molecule has 0 fully saturated rings. The van der Waals surface area contributed by atoms with Crippen LogP contribution in [-0.4, -0.2) is 37.3 Å². The molecule has 0 saturated carbocycles. The van der Waals surface area contributed by atoms with Crippen LogP contribution in [0.4, 0.5) is 11.4 Å². The largest absolute Gasteiger partial charge is 0.493 e. The van der Waals surface area contributed by atoms with Gasteiger partial charge < -0.3 is 14.8 Å². The van der Waals surface area contributed by atoms with Crippen LogP contribution in [-0.2, 0) is 0 Å². The smallest absolute Gasteiger partial charge is 0.293 e. The number of ether oxygens (including phenoxy) is 2. The van der Waals surface area contributed by atoms with Crippen molar-refractivity contribution in [2.75, 3.05) is 26.1 Å². The van der Waals surface area contributed by atoms with Crippen LogP contribution in [0.1, 0.15) is 29.8 Å². The molecule has 2 aromatic carbocycles. The fourth-order valence-corrected chi connectivity index (χ4v) is 2.49. The highest BCUT2D eigenvalue weighted by molar-refractivity contribution is 6.01. The number of amides is 1. The Morgan fingerprint density at radius 3 is 2.39 bits per heavy atom. The third-order valence-electron chi connectivity index (χ3n) is 3.95. The number of benzene rings is 2. The molecule has 0 saturated heterocycles. The van der Waals surface area contributed by atoms with Crippen molar-refractivity contribution in [1.29, 1.82) is 0 Å². The molecular formula is C19H22N4O5. The maximum absolute atomic E-state index is 12.3. The van der Waals surface area contributed by atoms with E-state index in [1.54, 1.807) is 32.2 Å². The second-order valence-electron chi connectivity index (χ2n) is 5.73. The van der Waals surface area contributed by atoms with Crippen molar-refractivity contribution in [2.24, 2.45) is 5.10 Å². The Bertz CT molecular complexity index is 911. The topological polar surface area (TPSA) is 115 Å². The van der Waals surface area contributed by atoms with E-state index >= 15 is 0 Å². The summed E-state index contributed by atoms with van der Waals surface area (Å²) in [5.74, 6) is 0.567. The number of anilines is 1. The zero-order valence-electron chi connectivity index (χ0n) is 16.1. The molecule has 0 heterocycles. The normalized spacial score (nSPS) is 10.9. The number of nitrogens with one attached hydrogen (secondary N) is 2. The first-order chi connectivity index (χ1) is 13.4. The highest BCUT2D eigenvalue weighted by atomic mass is 16.6. The molecule has 0 aromatic heterocycles. The van der Waals surface area contributed by atoms with Gasteiger partial charge in [0.25, 0.3) is 11.6 Å². The van der Waals surface area contributed by atoms with Crippen LogP contribution in [0.15, 0.2) is 41.5 Å². The van der Waals surface area contributed by atoms with Gasteiger partial charge in [0.15, 0.2) is 11.5 Å². The number of carbonyl (C=O) groups excluding carboxylic acids is 1. The van der Waals surface area contributed by atoms with Crippen LogP contribution < -0.4 is 20.2 Å². The summed E-state index contributed by atoms with van der Waals surface area (Å²) in [4.78, 5) is 23.0. The van der Waals surface area contributed by atoms with Crippen molar-refractivity contribution >= 4 is 23.0 Å². The Hall–Kier alpha value is -3.62. The number of hydrogen-bond donors (Lipinski definition) is 2. The summed E-state index contributed by atoms with van der Waals surface area (Å²) in [7, 11) is 3.07. The molecule has 148 valence electrons. The van der Waals surface area contributed by atoms with Crippen LogP contribution in [0.25, 0.3) is 0 Å². The van der Waals surface area contributed by atoms with Crippen LogP contribution in [0.3, 0.4) is 0 Å². The van der Waals surface area contributed by atoms with Crippen molar-refractivity contribution in [3.05, 3.63) is 57.6 Å². The summed E-state index contributed by atoms with van der Waals surface area (Å²) in [6.07, 6.45) is 0. The van der Waals surface area contributed by atoms with Crippen molar-refractivity contribution in [1.82, 2.24) is 5.43 Å². The summed E-state index contributed by atoms with van der Waals surface area (Å²) in [6.45, 7) is 4.08. The molecule has 0 radical (unpaired) electrons. The fourth-order valence-electron chi connectivity index (χ4n) is 2.49. The Morgan fingerprint density at radius 2 is 1.79 bits per heavy atom. The maximum atomic E-state index is 12.3. The lowest BCUT2D eigenvalue weighted by Crippen LogP contribution is -2.19. The van der Waals surface area contributed by atoms with Gasteiger partial charge in [-0.3, -0.25) is 14.9 Å². The number of rotatable bonds is 8. The van der Waals surface area contributed by atoms with E-state index in [1.165, 1.54) is 25.3 Å². The number of nitro benzene ring substituents is 1. The van der Waals surface area contributed by atoms with Crippen molar-refractivity contribution in [3.63, 3.8) is 0 Å². The molecule has 28 heavy (non-hydrogen) atoms. The van der Waals surface area contributed by atoms with Crippen molar-refractivity contribution in [3.8, 4) is 11.5 Å². The number of nitro groups is 1. The van der Waals surface area contributed by atoms with Gasteiger partial charge in [0.05, 0.1) is 24.9 Å². The minimum absolute atomic E-state index is 0.136. The van der Waals surface area contributed by atoms with E-state index in [0.29, 0.717) is 29.4 Å². The molecule has 0 unspecified atom stereocenters. The number of hydrogen-bond acceptors (Lipinski definition) is 7. The van der Waals surface area contributed by atoms with E-state index < -0.39 is 10.8 Å². The van der Waals surface area contributed by atoms with Gasteiger partial charge in [-0.15, -0.1) is 0 Å². The molecule has 2 rings (SSSR count). The second-order valence-corrected chi connectivity index (χ2v) is 5.73. The number of nitrogens with zero attached hydrogens (tertiary/aromatic N) is 2. The maximum Gasteiger partial charge on any atom is 0.293 e. The van der Waals surface area contributed by atoms with Crippen LogP contribution in [0, 0.1) is 10.1 Å². The first-order valence-corrected chi connectivity index (χ1v) is 8.50. The van der Waals surface area contributed by atoms with Gasteiger partial charge in [0, 0.05) is 23.7 Å². The van der Waals surface area contributed by atoms with Gasteiger partial charge >= 0.3 is 0 Å². The predicted molar refractivity (Wildman–Crippen MR) is 106 cm³/mol. The second kappa shape index (κ2) is 9.36. The zero-order valence-corrected chi connectivity index (χ0v) is 16.1. The van der Waals surface area contributed by atoms with Gasteiger partial charge in [0.2, 0.25) is 0 Å². The first kappa shape index (κ1) is 20.7. The average Bonchev–Trinajstić information content (AvgIpc) is 2.71. The number of methoxy groups -OCH3 is 2. The highest BCUT2D eigenvalue weighted by Gasteiger charge is 2.17. The lowest BCUT2D eigenvalue weighted by molar-refractivity contribution is -0.384. The van der Waals surface area contributed by atoms with Crippen molar-refractivity contribution < 1.29 is 19.2 Å². The summed E-state index contributed by atoms with van der Waals surface area (Å²) < 4.78 is 10.4. The lowest BCUT2D eigenvalue weighted by Gasteiger charge is -2.10. The molecule has 2 aromatic rings. The Kier molecular flexibility index (Phi) is 6.91. The van der Waals surface area contributed by atoms with E-state index in [-0.39, 0.29) is 11.3 Å². The molecule has 9 heteroatoms. The van der Waals surface area contributed by atoms with Gasteiger partial charge in [-0.2, -0.15) is 5.10 Å². The van der Waals surface area contributed by atoms with E-state index in [0.717, 1.165) is 5.56 Å². The lowest BCUT2D eigenvalue weighted by atomic mass is 10.1. The minimum Gasteiger partial charge on any atom is -0.493 e. The molecule has 0 aliphatic rings. The van der Waals surface area contributed by atoms with Gasteiger partial charge in [-0.1, -0.05) is 0 Å². The predicted octanol–water partition coefficient (Wildman–Crippen LogP) is 3.20. The molecular weight excluding hydrogens is 364 g/mol. The van der Waals surface area contributed by atoms with E-state index in [2.05, 4.69) is 15.8 Å². The number of hydrazone groups is 1. The molecule has 0 aliphatic heterocycles. The molecule has 9 nitrogen and oxygen atoms in total. The Morgan fingerprint density at radius 1 is 1.11 bits per heavy atom. The van der Waals surface area contributed by atoms with Crippen LogP contribution >= 0.6 is 0 Å².